The lowest BCUT2D eigenvalue weighted by Crippen LogP contribution is -2.40. The van der Waals surface area contributed by atoms with Gasteiger partial charge in [0.25, 0.3) is 0 Å². The van der Waals surface area contributed by atoms with Gasteiger partial charge in [-0.3, -0.25) is 4.79 Å². The fraction of sp³-hybridized carbons (Fsp3) is 0.667. The number of anilines is 1. The van der Waals surface area contributed by atoms with Crippen LogP contribution in [-0.4, -0.2) is 33.2 Å². The molecule has 2 atom stereocenters. The molecule has 21 heavy (non-hydrogen) atoms. The summed E-state index contributed by atoms with van der Waals surface area (Å²) >= 11 is 0. The molecular formula is C15H23N3O3. The highest BCUT2D eigenvalue weighted by atomic mass is 16.5. The second-order valence-corrected chi connectivity index (χ2v) is 6.15. The topological polar surface area (TPSA) is 84.3 Å². The van der Waals surface area contributed by atoms with E-state index in [1.807, 2.05) is 20.8 Å². The number of carboxylic acids is 1. The number of nitrogens with one attached hydrogen (secondary N) is 1. The quantitative estimate of drug-likeness (QED) is 0.868. The van der Waals surface area contributed by atoms with Gasteiger partial charge in [0.1, 0.15) is 0 Å². The minimum atomic E-state index is -0.774. The van der Waals surface area contributed by atoms with Crippen molar-refractivity contribution < 1.29 is 14.6 Å². The average Bonchev–Trinajstić information content (AvgIpc) is 2.70. The molecule has 1 aliphatic carbocycles. The van der Waals surface area contributed by atoms with Gasteiger partial charge in [-0.2, -0.15) is 4.98 Å². The number of hydrogen-bond donors (Lipinski definition) is 2. The average molecular weight is 293 g/mol. The van der Waals surface area contributed by atoms with Crippen LogP contribution in [0.15, 0.2) is 6.07 Å². The lowest BCUT2D eigenvalue weighted by atomic mass is 9.85. The molecule has 0 radical (unpaired) electrons. The zero-order chi connectivity index (χ0) is 15.6. The monoisotopic (exact) mass is 293 g/mol. The fourth-order valence-corrected chi connectivity index (χ4v) is 2.72. The Balaban J connectivity index is 2.19. The Morgan fingerprint density at radius 1 is 1.52 bits per heavy atom. The number of rotatable bonds is 5. The SMILES string of the molecule is Cc1cc(OC(C)C)nc(NC2CCCC2(C)C(=O)O)n1. The first-order valence-electron chi connectivity index (χ1n) is 7.33. The third-order valence-corrected chi connectivity index (χ3v) is 3.94. The minimum Gasteiger partial charge on any atom is -0.481 e. The first kappa shape index (κ1) is 15.5. The number of carboxylic acid groups (broad SMARTS) is 1. The number of aryl methyl sites for hydroxylation is 1. The van der Waals surface area contributed by atoms with Gasteiger partial charge in [-0.25, -0.2) is 4.98 Å². The van der Waals surface area contributed by atoms with Gasteiger partial charge in [-0.15, -0.1) is 0 Å². The number of aromatic nitrogens is 2. The maximum Gasteiger partial charge on any atom is 0.311 e. The Hall–Kier alpha value is -1.85. The van der Waals surface area contributed by atoms with Crippen molar-refractivity contribution in [3.63, 3.8) is 0 Å². The van der Waals surface area contributed by atoms with E-state index in [0.717, 1.165) is 18.5 Å². The van der Waals surface area contributed by atoms with Crippen molar-refractivity contribution in [1.82, 2.24) is 9.97 Å². The van der Waals surface area contributed by atoms with E-state index in [2.05, 4.69) is 15.3 Å². The van der Waals surface area contributed by atoms with E-state index in [4.69, 9.17) is 4.74 Å². The van der Waals surface area contributed by atoms with E-state index in [9.17, 15) is 9.90 Å². The van der Waals surface area contributed by atoms with Gasteiger partial charge in [0, 0.05) is 17.8 Å². The smallest absolute Gasteiger partial charge is 0.311 e. The van der Waals surface area contributed by atoms with Crippen molar-refractivity contribution in [3.05, 3.63) is 11.8 Å². The third kappa shape index (κ3) is 3.43. The summed E-state index contributed by atoms with van der Waals surface area (Å²) in [4.78, 5) is 20.2. The lowest BCUT2D eigenvalue weighted by Gasteiger charge is -2.27. The third-order valence-electron chi connectivity index (χ3n) is 3.94. The van der Waals surface area contributed by atoms with Crippen LogP contribution in [-0.2, 0) is 4.79 Å². The summed E-state index contributed by atoms with van der Waals surface area (Å²) in [5.74, 6) is 0.170. The van der Waals surface area contributed by atoms with Crippen molar-refractivity contribution in [2.75, 3.05) is 5.32 Å². The molecule has 2 unspecified atom stereocenters. The molecular weight excluding hydrogens is 270 g/mol. The summed E-state index contributed by atoms with van der Waals surface area (Å²) < 4.78 is 5.59. The van der Waals surface area contributed by atoms with Gasteiger partial charge in [0.2, 0.25) is 11.8 Å². The molecule has 0 saturated heterocycles. The summed E-state index contributed by atoms with van der Waals surface area (Å²) in [5, 5.41) is 12.6. The van der Waals surface area contributed by atoms with E-state index < -0.39 is 11.4 Å². The number of ether oxygens (including phenoxy) is 1. The van der Waals surface area contributed by atoms with Crippen molar-refractivity contribution in [2.45, 2.75) is 59.1 Å². The van der Waals surface area contributed by atoms with Crippen LogP contribution in [0.1, 0.15) is 45.7 Å². The summed E-state index contributed by atoms with van der Waals surface area (Å²) in [7, 11) is 0. The molecule has 0 aromatic carbocycles. The van der Waals surface area contributed by atoms with Crippen molar-refractivity contribution in [3.8, 4) is 5.88 Å². The molecule has 1 aromatic heterocycles. The molecule has 1 fully saturated rings. The molecule has 2 rings (SSSR count). The Morgan fingerprint density at radius 2 is 2.24 bits per heavy atom. The van der Waals surface area contributed by atoms with Crippen LogP contribution in [0.25, 0.3) is 0 Å². The predicted molar refractivity (Wildman–Crippen MR) is 79.5 cm³/mol. The van der Waals surface area contributed by atoms with E-state index in [0.29, 0.717) is 18.2 Å². The normalized spacial score (nSPS) is 25.1. The second-order valence-electron chi connectivity index (χ2n) is 6.15. The molecule has 0 aliphatic heterocycles. The van der Waals surface area contributed by atoms with Gasteiger partial charge < -0.3 is 15.2 Å². The number of carbonyl (C=O) groups is 1. The molecule has 1 saturated carbocycles. The largest absolute Gasteiger partial charge is 0.481 e. The fourth-order valence-electron chi connectivity index (χ4n) is 2.72. The van der Waals surface area contributed by atoms with Gasteiger partial charge >= 0.3 is 5.97 Å². The van der Waals surface area contributed by atoms with Gasteiger partial charge in [0.05, 0.1) is 11.5 Å². The van der Waals surface area contributed by atoms with Crippen LogP contribution in [0.2, 0.25) is 0 Å². The van der Waals surface area contributed by atoms with Crippen molar-refractivity contribution in [2.24, 2.45) is 5.41 Å². The van der Waals surface area contributed by atoms with Gasteiger partial charge in [0.15, 0.2) is 0 Å². The molecule has 1 aliphatic rings. The zero-order valence-electron chi connectivity index (χ0n) is 13.0. The summed E-state index contributed by atoms with van der Waals surface area (Å²) in [6.07, 6.45) is 2.39. The number of hydrogen-bond acceptors (Lipinski definition) is 5. The van der Waals surface area contributed by atoms with Gasteiger partial charge in [-0.05, 0) is 40.5 Å². The van der Waals surface area contributed by atoms with Crippen LogP contribution < -0.4 is 10.1 Å². The highest BCUT2D eigenvalue weighted by Crippen LogP contribution is 2.39. The molecule has 2 N–H and O–H groups in total. The Kier molecular flexibility index (Phi) is 4.34. The standard InChI is InChI=1S/C15H23N3O3/c1-9(2)21-12-8-10(3)16-14(18-12)17-11-6-5-7-15(11,4)13(19)20/h8-9,11H,5-7H2,1-4H3,(H,19,20)(H,16,17,18). The lowest BCUT2D eigenvalue weighted by molar-refractivity contribution is -0.147. The molecule has 1 heterocycles. The van der Waals surface area contributed by atoms with Crippen LogP contribution in [0.4, 0.5) is 5.95 Å². The first-order chi connectivity index (χ1) is 9.81. The molecule has 116 valence electrons. The molecule has 1 aromatic rings. The summed E-state index contributed by atoms with van der Waals surface area (Å²) in [6, 6.07) is 1.61. The highest BCUT2D eigenvalue weighted by molar-refractivity contribution is 5.76. The minimum absolute atomic E-state index is 0.0305. The highest BCUT2D eigenvalue weighted by Gasteiger charge is 2.45. The molecule has 6 nitrogen and oxygen atoms in total. The Morgan fingerprint density at radius 3 is 2.86 bits per heavy atom. The van der Waals surface area contributed by atoms with E-state index in [1.54, 1.807) is 13.0 Å². The maximum atomic E-state index is 11.5. The maximum absolute atomic E-state index is 11.5. The number of nitrogens with zero attached hydrogens (tertiary/aromatic N) is 2. The molecule has 0 bridgehead atoms. The van der Waals surface area contributed by atoms with E-state index in [-0.39, 0.29) is 12.1 Å². The van der Waals surface area contributed by atoms with Crippen molar-refractivity contribution >= 4 is 11.9 Å². The van der Waals surface area contributed by atoms with E-state index >= 15 is 0 Å². The molecule has 6 heteroatoms. The van der Waals surface area contributed by atoms with Crippen LogP contribution >= 0.6 is 0 Å². The van der Waals surface area contributed by atoms with Crippen molar-refractivity contribution in [1.29, 1.82) is 0 Å². The summed E-state index contributed by atoms with van der Waals surface area (Å²) in [5.41, 5.74) is 0.0183. The van der Waals surface area contributed by atoms with Crippen LogP contribution in [0.3, 0.4) is 0 Å². The predicted octanol–water partition coefficient (Wildman–Crippen LogP) is 2.63. The van der Waals surface area contributed by atoms with Crippen LogP contribution in [0, 0.1) is 12.3 Å². The molecule has 0 amide bonds. The zero-order valence-corrected chi connectivity index (χ0v) is 13.0. The number of aliphatic carboxylic acids is 1. The van der Waals surface area contributed by atoms with E-state index in [1.165, 1.54) is 0 Å². The second kappa shape index (κ2) is 5.87. The summed E-state index contributed by atoms with van der Waals surface area (Å²) in [6.45, 7) is 7.51. The Labute approximate surface area is 124 Å². The molecule has 0 spiro atoms. The van der Waals surface area contributed by atoms with Crippen LogP contribution in [0.5, 0.6) is 5.88 Å². The first-order valence-corrected chi connectivity index (χ1v) is 7.33. The van der Waals surface area contributed by atoms with Gasteiger partial charge in [-0.1, -0.05) is 6.42 Å². The Bertz CT molecular complexity index is 533.